The molecular formula is C23H22ClN3O6. The average molecular weight is 472 g/mol. The summed E-state index contributed by atoms with van der Waals surface area (Å²) in [6.45, 7) is 5.33. The van der Waals surface area contributed by atoms with Gasteiger partial charge in [-0.15, -0.1) is 0 Å². The third-order valence-electron chi connectivity index (χ3n) is 4.53. The molecule has 1 amide bonds. The van der Waals surface area contributed by atoms with Gasteiger partial charge in [0.05, 0.1) is 11.5 Å². The molecule has 0 fully saturated rings. The van der Waals surface area contributed by atoms with Crippen molar-refractivity contribution < 1.29 is 23.7 Å². The Morgan fingerprint density at radius 3 is 2.67 bits per heavy atom. The third-order valence-corrected chi connectivity index (χ3v) is 4.96. The van der Waals surface area contributed by atoms with Crippen molar-refractivity contribution in [3.8, 4) is 11.5 Å². The van der Waals surface area contributed by atoms with E-state index in [9.17, 15) is 14.9 Å². The fourth-order valence-corrected chi connectivity index (χ4v) is 3.08. The first kappa shape index (κ1) is 23.8. The molecule has 2 aromatic carbocycles. The van der Waals surface area contributed by atoms with Gasteiger partial charge in [0, 0.05) is 10.7 Å². The molecule has 1 heterocycles. The number of carbonyl (C=O) groups is 1. The normalized spacial score (nSPS) is 10.9. The summed E-state index contributed by atoms with van der Waals surface area (Å²) in [6, 6.07) is 10.3. The van der Waals surface area contributed by atoms with Crippen LogP contribution in [0.4, 0.5) is 11.4 Å². The Kier molecular flexibility index (Phi) is 7.68. The highest BCUT2D eigenvalue weighted by Gasteiger charge is 2.22. The van der Waals surface area contributed by atoms with Crippen LogP contribution in [0.15, 0.2) is 40.9 Å². The van der Waals surface area contributed by atoms with Gasteiger partial charge >= 0.3 is 5.69 Å². The Morgan fingerprint density at radius 1 is 1.18 bits per heavy atom. The number of nitrogens with one attached hydrogen (secondary N) is 1. The minimum absolute atomic E-state index is 0.0462. The van der Waals surface area contributed by atoms with Crippen LogP contribution >= 0.6 is 11.6 Å². The largest absolute Gasteiger partial charge is 0.490 e. The van der Waals surface area contributed by atoms with Crippen LogP contribution in [0.2, 0.25) is 5.02 Å². The van der Waals surface area contributed by atoms with Crippen LogP contribution in [0.5, 0.6) is 11.5 Å². The minimum Gasteiger partial charge on any atom is -0.490 e. The summed E-state index contributed by atoms with van der Waals surface area (Å²) in [5.41, 5.74) is 2.18. The van der Waals surface area contributed by atoms with Gasteiger partial charge in [-0.3, -0.25) is 14.9 Å². The number of ether oxygens (including phenoxy) is 2. The number of benzene rings is 2. The summed E-state index contributed by atoms with van der Waals surface area (Å²) in [4.78, 5) is 22.9. The number of nitro groups is 1. The molecule has 0 saturated heterocycles. The standard InChI is InChI=1S/C23H22ClN3O6/c1-4-31-21-12-16(6-10-20-23(27(29)30)15(3)26-33-20)5-9-19(21)32-13-22(28)25-17-7-8-18(24)14(2)11-17/h5-12H,4,13H2,1-3H3,(H,25,28)/b10-6+. The molecule has 3 aromatic rings. The second kappa shape index (κ2) is 10.6. The molecule has 0 aliphatic heterocycles. The fraction of sp³-hybridized carbons (Fsp3) is 0.217. The molecule has 33 heavy (non-hydrogen) atoms. The van der Waals surface area contributed by atoms with Gasteiger partial charge in [-0.25, -0.2) is 0 Å². The second-order valence-electron chi connectivity index (χ2n) is 7.01. The van der Waals surface area contributed by atoms with Crippen molar-refractivity contribution >= 4 is 41.0 Å². The number of hydrogen-bond donors (Lipinski definition) is 1. The molecule has 0 radical (unpaired) electrons. The number of anilines is 1. The van der Waals surface area contributed by atoms with Crippen molar-refractivity contribution in [2.75, 3.05) is 18.5 Å². The number of nitrogens with zero attached hydrogens (tertiary/aromatic N) is 2. The Morgan fingerprint density at radius 2 is 1.97 bits per heavy atom. The molecule has 172 valence electrons. The van der Waals surface area contributed by atoms with Gasteiger partial charge in [-0.1, -0.05) is 28.9 Å². The van der Waals surface area contributed by atoms with Gasteiger partial charge in [0.25, 0.3) is 5.91 Å². The summed E-state index contributed by atoms with van der Waals surface area (Å²) in [7, 11) is 0. The number of amides is 1. The minimum atomic E-state index is -0.537. The summed E-state index contributed by atoms with van der Waals surface area (Å²) >= 11 is 6.00. The lowest BCUT2D eigenvalue weighted by Crippen LogP contribution is -2.20. The van der Waals surface area contributed by atoms with Crippen LogP contribution in [-0.4, -0.2) is 29.2 Å². The lowest BCUT2D eigenvalue weighted by molar-refractivity contribution is -0.386. The summed E-state index contributed by atoms with van der Waals surface area (Å²) in [6.07, 6.45) is 3.10. The SMILES string of the molecule is CCOc1cc(/C=C/c2onc(C)c2[N+](=O)[O-])ccc1OCC(=O)Nc1ccc(Cl)c(C)c1. The molecule has 0 bridgehead atoms. The van der Waals surface area contributed by atoms with Crippen molar-refractivity contribution in [3.05, 3.63) is 74.1 Å². The lowest BCUT2D eigenvalue weighted by atomic mass is 10.1. The molecule has 0 saturated carbocycles. The molecule has 0 atom stereocenters. The topological polar surface area (TPSA) is 117 Å². The van der Waals surface area contributed by atoms with Gasteiger partial charge in [-0.05, 0) is 68.3 Å². The molecule has 1 aromatic heterocycles. The van der Waals surface area contributed by atoms with Gasteiger partial charge in [0.1, 0.15) is 0 Å². The van der Waals surface area contributed by atoms with Crippen LogP contribution in [0, 0.1) is 24.0 Å². The van der Waals surface area contributed by atoms with Gasteiger partial charge < -0.3 is 19.3 Å². The summed E-state index contributed by atoms with van der Waals surface area (Å²) < 4.78 is 16.3. The van der Waals surface area contributed by atoms with Crippen LogP contribution in [0.25, 0.3) is 12.2 Å². The third kappa shape index (κ3) is 6.11. The van der Waals surface area contributed by atoms with Crippen molar-refractivity contribution in [2.45, 2.75) is 20.8 Å². The number of hydrogen-bond acceptors (Lipinski definition) is 7. The van der Waals surface area contributed by atoms with Crippen LogP contribution < -0.4 is 14.8 Å². The monoisotopic (exact) mass is 471 g/mol. The van der Waals surface area contributed by atoms with E-state index in [4.69, 9.17) is 25.6 Å². The van der Waals surface area contributed by atoms with E-state index >= 15 is 0 Å². The maximum atomic E-state index is 12.3. The zero-order chi connectivity index (χ0) is 24.0. The van der Waals surface area contributed by atoms with Crippen LogP contribution in [0.3, 0.4) is 0 Å². The van der Waals surface area contributed by atoms with Gasteiger partial charge in [0.2, 0.25) is 5.76 Å². The van der Waals surface area contributed by atoms with E-state index in [2.05, 4.69) is 10.5 Å². The van der Waals surface area contributed by atoms with Crippen molar-refractivity contribution in [1.29, 1.82) is 0 Å². The van der Waals surface area contributed by atoms with E-state index in [1.165, 1.54) is 13.0 Å². The number of carbonyl (C=O) groups excluding carboxylic acids is 1. The Labute approximate surface area is 195 Å². The van der Waals surface area contributed by atoms with Crippen molar-refractivity contribution in [2.24, 2.45) is 0 Å². The van der Waals surface area contributed by atoms with E-state index in [0.29, 0.717) is 34.4 Å². The predicted octanol–water partition coefficient (Wildman–Crippen LogP) is 5.44. The van der Waals surface area contributed by atoms with Crippen molar-refractivity contribution in [1.82, 2.24) is 5.16 Å². The van der Waals surface area contributed by atoms with E-state index < -0.39 is 4.92 Å². The number of aromatic nitrogens is 1. The van der Waals surface area contributed by atoms with Crippen LogP contribution in [0.1, 0.15) is 29.5 Å². The first-order valence-corrected chi connectivity index (χ1v) is 10.4. The quantitative estimate of drug-likeness (QED) is 0.326. The maximum absolute atomic E-state index is 12.3. The molecule has 0 unspecified atom stereocenters. The zero-order valence-corrected chi connectivity index (χ0v) is 19.0. The molecule has 3 rings (SSSR count). The van der Waals surface area contributed by atoms with Gasteiger partial charge in [-0.2, -0.15) is 0 Å². The number of aryl methyl sites for hydroxylation is 2. The van der Waals surface area contributed by atoms with Crippen molar-refractivity contribution in [3.63, 3.8) is 0 Å². The van der Waals surface area contributed by atoms with E-state index in [0.717, 1.165) is 5.56 Å². The molecule has 10 heteroatoms. The molecular weight excluding hydrogens is 450 g/mol. The molecule has 0 aliphatic rings. The van der Waals surface area contributed by atoms with E-state index in [1.807, 2.05) is 13.8 Å². The van der Waals surface area contributed by atoms with Gasteiger partial charge in [0.15, 0.2) is 23.8 Å². The Hall–Kier alpha value is -3.85. The second-order valence-corrected chi connectivity index (χ2v) is 7.42. The highest BCUT2D eigenvalue weighted by Crippen LogP contribution is 2.30. The highest BCUT2D eigenvalue weighted by atomic mass is 35.5. The highest BCUT2D eigenvalue weighted by molar-refractivity contribution is 6.31. The predicted molar refractivity (Wildman–Crippen MR) is 125 cm³/mol. The maximum Gasteiger partial charge on any atom is 0.338 e. The summed E-state index contributed by atoms with van der Waals surface area (Å²) in [5.74, 6) is 0.525. The zero-order valence-electron chi connectivity index (χ0n) is 18.3. The van der Waals surface area contributed by atoms with E-state index in [1.54, 1.807) is 42.5 Å². The molecule has 1 N–H and O–H groups in total. The first-order chi connectivity index (χ1) is 15.8. The lowest BCUT2D eigenvalue weighted by Gasteiger charge is -2.13. The fourth-order valence-electron chi connectivity index (χ4n) is 2.96. The molecule has 9 nitrogen and oxygen atoms in total. The smallest absolute Gasteiger partial charge is 0.338 e. The summed E-state index contributed by atoms with van der Waals surface area (Å²) in [5, 5.41) is 18.2. The molecule has 0 spiro atoms. The first-order valence-electron chi connectivity index (χ1n) is 10.0. The number of halogens is 1. The average Bonchev–Trinajstić information content (AvgIpc) is 3.15. The van der Waals surface area contributed by atoms with E-state index in [-0.39, 0.29) is 29.7 Å². The molecule has 0 aliphatic carbocycles. The van der Waals surface area contributed by atoms with Crippen LogP contribution in [-0.2, 0) is 4.79 Å². The Balaban J connectivity index is 1.70. The Bertz CT molecular complexity index is 1200. The number of rotatable bonds is 9.